The maximum absolute atomic E-state index is 4.08. The Balaban J connectivity index is 0.00000128. The third-order valence-corrected chi connectivity index (χ3v) is 3.07. The Morgan fingerprint density at radius 1 is 1.25 bits per heavy atom. The molecule has 0 aliphatic carbocycles. The molecule has 3 heteroatoms. The van der Waals surface area contributed by atoms with Gasteiger partial charge in [0, 0.05) is 12.4 Å². The van der Waals surface area contributed by atoms with Gasteiger partial charge in [-0.3, -0.25) is 0 Å². The van der Waals surface area contributed by atoms with E-state index in [0.717, 1.165) is 0 Å². The van der Waals surface area contributed by atoms with Crippen molar-refractivity contribution < 1.29 is 0 Å². The molecule has 86 valence electrons. The molecule has 0 N–H and O–H groups in total. The van der Waals surface area contributed by atoms with E-state index in [-0.39, 0.29) is 12.4 Å². The zero-order valence-electron chi connectivity index (χ0n) is 9.84. The van der Waals surface area contributed by atoms with Gasteiger partial charge in [0.05, 0.1) is 12.4 Å². The van der Waals surface area contributed by atoms with Gasteiger partial charge >= 0.3 is 0 Å². The van der Waals surface area contributed by atoms with Crippen molar-refractivity contribution in [1.82, 2.24) is 9.55 Å². The first kappa shape index (κ1) is 12.8. The minimum absolute atomic E-state index is 0. The van der Waals surface area contributed by atoms with E-state index in [0.29, 0.717) is 6.04 Å². The third kappa shape index (κ3) is 2.27. The van der Waals surface area contributed by atoms with Crippen LogP contribution in [0, 0.1) is 13.8 Å². The molecule has 1 aromatic heterocycles. The molecule has 0 spiro atoms. The van der Waals surface area contributed by atoms with Crippen LogP contribution < -0.4 is 0 Å². The van der Waals surface area contributed by atoms with Crippen molar-refractivity contribution in [2.24, 2.45) is 0 Å². The van der Waals surface area contributed by atoms with E-state index in [1.165, 1.54) is 16.7 Å². The van der Waals surface area contributed by atoms with Crippen molar-refractivity contribution in [3.8, 4) is 0 Å². The average molecular weight is 237 g/mol. The van der Waals surface area contributed by atoms with E-state index >= 15 is 0 Å². The smallest absolute Gasteiger partial charge is 0.0951 e. The van der Waals surface area contributed by atoms with Gasteiger partial charge in [0.1, 0.15) is 0 Å². The van der Waals surface area contributed by atoms with Gasteiger partial charge in [-0.15, -0.1) is 12.4 Å². The van der Waals surface area contributed by atoms with Gasteiger partial charge in [-0.2, -0.15) is 0 Å². The molecular formula is C13H17ClN2. The zero-order chi connectivity index (χ0) is 10.8. The summed E-state index contributed by atoms with van der Waals surface area (Å²) in [7, 11) is 0. The summed E-state index contributed by atoms with van der Waals surface area (Å²) in [5, 5.41) is 0. The Labute approximate surface area is 103 Å². The summed E-state index contributed by atoms with van der Waals surface area (Å²) in [4.78, 5) is 4.08. The highest BCUT2D eigenvalue weighted by molar-refractivity contribution is 5.85. The predicted molar refractivity (Wildman–Crippen MR) is 69.2 cm³/mol. The fraction of sp³-hybridized carbons (Fsp3) is 0.308. The van der Waals surface area contributed by atoms with Crippen LogP contribution in [0.1, 0.15) is 29.7 Å². The molecule has 2 nitrogen and oxygen atoms in total. The number of aromatic nitrogens is 2. The lowest BCUT2D eigenvalue weighted by atomic mass is 9.98. The van der Waals surface area contributed by atoms with Crippen LogP contribution in [0.5, 0.6) is 0 Å². The molecule has 2 aromatic rings. The van der Waals surface area contributed by atoms with Gasteiger partial charge in [-0.05, 0) is 37.5 Å². The van der Waals surface area contributed by atoms with Gasteiger partial charge in [-0.1, -0.05) is 18.2 Å². The zero-order valence-corrected chi connectivity index (χ0v) is 10.7. The molecule has 1 atom stereocenters. The van der Waals surface area contributed by atoms with E-state index in [9.17, 15) is 0 Å². The van der Waals surface area contributed by atoms with E-state index in [1.807, 2.05) is 18.7 Å². The molecule has 0 amide bonds. The quantitative estimate of drug-likeness (QED) is 0.780. The molecule has 1 aromatic carbocycles. The molecule has 16 heavy (non-hydrogen) atoms. The first-order valence-corrected chi connectivity index (χ1v) is 5.23. The first-order chi connectivity index (χ1) is 7.20. The number of imidazole rings is 1. The van der Waals surface area contributed by atoms with Gasteiger partial charge in [0.25, 0.3) is 0 Å². The molecule has 2 rings (SSSR count). The number of aryl methyl sites for hydroxylation is 1. The van der Waals surface area contributed by atoms with Gasteiger partial charge in [-0.25, -0.2) is 4.98 Å². The largest absolute Gasteiger partial charge is 0.330 e. The Hall–Kier alpha value is -1.28. The van der Waals surface area contributed by atoms with E-state index in [2.05, 4.69) is 48.5 Å². The lowest BCUT2D eigenvalue weighted by Gasteiger charge is -2.17. The summed E-state index contributed by atoms with van der Waals surface area (Å²) in [6, 6.07) is 6.81. The topological polar surface area (TPSA) is 17.8 Å². The Morgan fingerprint density at radius 2 is 2.00 bits per heavy atom. The number of nitrogens with zero attached hydrogens (tertiary/aromatic N) is 2. The van der Waals surface area contributed by atoms with Crippen LogP contribution in [-0.4, -0.2) is 9.55 Å². The SMILES string of the molecule is Cc1cccc(C(C)n2ccnc2)c1C.Cl. The molecule has 0 saturated heterocycles. The second-order valence-electron chi connectivity index (χ2n) is 3.98. The lowest BCUT2D eigenvalue weighted by molar-refractivity contribution is 0.634. The van der Waals surface area contributed by atoms with Crippen molar-refractivity contribution in [1.29, 1.82) is 0 Å². The summed E-state index contributed by atoms with van der Waals surface area (Å²) >= 11 is 0. The van der Waals surface area contributed by atoms with Crippen LogP contribution in [-0.2, 0) is 0 Å². The Morgan fingerprint density at radius 3 is 2.62 bits per heavy atom. The normalized spacial score (nSPS) is 11.9. The summed E-state index contributed by atoms with van der Waals surface area (Å²) in [5.41, 5.74) is 4.09. The molecule has 1 unspecified atom stereocenters. The van der Waals surface area contributed by atoms with Gasteiger partial charge in [0.2, 0.25) is 0 Å². The van der Waals surface area contributed by atoms with Crippen LogP contribution in [0.4, 0.5) is 0 Å². The fourth-order valence-corrected chi connectivity index (χ4v) is 1.89. The predicted octanol–water partition coefficient (Wildman–Crippen LogP) is 3.53. The lowest BCUT2D eigenvalue weighted by Crippen LogP contribution is -2.06. The maximum atomic E-state index is 4.08. The summed E-state index contributed by atoms with van der Waals surface area (Å²) in [6.07, 6.45) is 5.69. The standard InChI is InChI=1S/C13H16N2.ClH/c1-10-5-4-6-13(11(10)2)12(3)15-8-7-14-9-15;/h4-9,12H,1-3H3;1H. The molecule has 1 heterocycles. The molecular weight excluding hydrogens is 220 g/mol. The minimum Gasteiger partial charge on any atom is -0.330 e. The Bertz CT molecular complexity index is 449. The van der Waals surface area contributed by atoms with Crippen LogP contribution >= 0.6 is 12.4 Å². The van der Waals surface area contributed by atoms with Crippen molar-refractivity contribution in [2.45, 2.75) is 26.8 Å². The summed E-state index contributed by atoms with van der Waals surface area (Å²) < 4.78 is 2.13. The van der Waals surface area contributed by atoms with E-state index < -0.39 is 0 Å². The van der Waals surface area contributed by atoms with Crippen LogP contribution in [0.2, 0.25) is 0 Å². The Kier molecular flexibility index (Phi) is 4.13. The fourth-order valence-electron chi connectivity index (χ4n) is 1.89. The highest BCUT2D eigenvalue weighted by atomic mass is 35.5. The van der Waals surface area contributed by atoms with Crippen molar-refractivity contribution >= 4 is 12.4 Å². The molecule has 0 bridgehead atoms. The molecule has 0 aliphatic heterocycles. The molecule has 0 saturated carbocycles. The monoisotopic (exact) mass is 236 g/mol. The second-order valence-corrected chi connectivity index (χ2v) is 3.98. The van der Waals surface area contributed by atoms with Gasteiger partial charge in [0.15, 0.2) is 0 Å². The second kappa shape index (κ2) is 5.17. The van der Waals surface area contributed by atoms with Crippen molar-refractivity contribution in [3.05, 3.63) is 53.6 Å². The average Bonchev–Trinajstić information content (AvgIpc) is 2.74. The molecule has 0 aliphatic rings. The number of benzene rings is 1. The van der Waals surface area contributed by atoms with Crippen LogP contribution in [0.15, 0.2) is 36.9 Å². The summed E-state index contributed by atoms with van der Waals surface area (Å²) in [5.74, 6) is 0. The minimum atomic E-state index is 0. The van der Waals surface area contributed by atoms with Crippen LogP contribution in [0.25, 0.3) is 0 Å². The maximum Gasteiger partial charge on any atom is 0.0951 e. The third-order valence-electron chi connectivity index (χ3n) is 3.07. The highest BCUT2D eigenvalue weighted by Crippen LogP contribution is 2.23. The number of hydrogen-bond acceptors (Lipinski definition) is 1. The van der Waals surface area contributed by atoms with E-state index in [4.69, 9.17) is 0 Å². The van der Waals surface area contributed by atoms with Crippen molar-refractivity contribution in [2.75, 3.05) is 0 Å². The number of hydrogen-bond donors (Lipinski definition) is 0. The number of rotatable bonds is 2. The highest BCUT2D eigenvalue weighted by Gasteiger charge is 2.10. The first-order valence-electron chi connectivity index (χ1n) is 5.23. The number of halogens is 1. The van der Waals surface area contributed by atoms with Crippen molar-refractivity contribution in [3.63, 3.8) is 0 Å². The molecule has 0 radical (unpaired) electrons. The molecule has 0 fully saturated rings. The summed E-state index contributed by atoms with van der Waals surface area (Å²) in [6.45, 7) is 6.53. The van der Waals surface area contributed by atoms with Gasteiger partial charge < -0.3 is 4.57 Å². The van der Waals surface area contributed by atoms with Crippen LogP contribution in [0.3, 0.4) is 0 Å². The van der Waals surface area contributed by atoms with E-state index in [1.54, 1.807) is 0 Å².